The first-order valence-electron chi connectivity index (χ1n) is 5.87. The summed E-state index contributed by atoms with van der Waals surface area (Å²) in [7, 11) is 0. The summed E-state index contributed by atoms with van der Waals surface area (Å²) in [5.41, 5.74) is 0. The van der Waals surface area contributed by atoms with Gasteiger partial charge >= 0.3 is 0 Å². The third-order valence-corrected chi connectivity index (χ3v) is 3.26. The lowest BCUT2D eigenvalue weighted by Crippen LogP contribution is -2.45. The van der Waals surface area contributed by atoms with Crippen molar-refractivity contribution in [2.75, 3.05) is 26.2 Å². The minimum absolute atomic E-state index is 0.746. The summed E-state index contributed by atoms with van der Waals surface area (Å²) in [4.78, 5) is 7.08. The molecule has 2 aliphatic heterocycles. The number of hydrogen-bond acceptors (Lipinski definition) is 3. The minimum atomic E-state index is 0.746. The Balaban J connectivity index is 1.85. The Labute approximate surface area is 86.6 Å². The van der Waals surface area contributed by atoms with Crippen LogP contribution >= 0.6 is 0 Å². The van der Waals surface area contributed by atoms with Gasteiger partial charge in [0, 0.05) is 19.1 Å². The van der Waals surface area contributed by atoms with Gasteiger partial charge in [0.15, 0.2) is 0 Å². The van der Waals surface area contributed by atoms with E-state index < -0.39 is 0 Å². The first-order chi connectivity index (χ1) is 6.86. The lowest BCUT2D eigenvalue weighted by Gasteiger charge is -2.34. The van der Waals surface area contributed by atoms with Crippen molar-refractivity contribution in [3.63, 3.8) is 0 Å². The smallest absolute Gasteiger partial charge is 0.111 e. The van der Waals surface area contributed by atoms with Gasteiger partial charge in [-0.25, -0.2) is 0 Å². The van der Waals surface area contributed by atoms with E-state index in [9.17, 15) is 0 Å². The summed E-state index contributed by atoms with van der Waals surface area (Å²) in [6.07, 6.45) is 5.31. The number of likely N-dealkylation sites (tertiary alicyclic amines) is 1. The van der Waals surface area contributed by atoms with E-state index in [1.54, 1.807) is 0 Å². The Morgan fingerprint density at radius 3 is 3.07 bits per heavy atom. The third-order valence-electron chi connectivity index (χ3n) is 3.26. The summed E-state index contributed by atoms with van der Waals surface area (Å²) in [6.45, 7) is 6.76. The molecule has 0 spiro atoms. The van der Waals surface area contributed by atoms with Crippen molar-refractivity contribution in [1.82, 2.24) is 10.2 Å². The molecule has 1 saturated heterocycles. The van der Waals surface area contributed by atoms with Gasteiger partial charge in [-0.05, 0) is 32.7 Å². The van der Waals surface area contributed by atoms with E-state index in [2.05, 4.69) is 22.1 Å². The number of nitrogens with one attached hydrogen (secondary N) is 1. The van der Waals surface area contributed by atoms with Crippen LogP contribution in [0, 0.1) is 0 Å². The largest absolute Gasteiger partial charge is 0.373 e. The zero-order valence-corrected chi connectivity index (χ0v) is 9.13. The molecule has 1 fully saturated rings. The third kappa shape index (κ3) is 2.47. The fourth-order valence-electron chi connectivity index (χ4n) is 2.27. The van der Waals surface area contributed by atoms with Gasteiger partial charge in [0.1, 0.15) is 5.84 Å². The average Bonchev–Trinajstić information content (AvgIpc) is 2.23. The Bertz CT molecular complexity index is 213. The predicted octanol–water partition coefficient (Wildman–Crippen LogP) is 1.25. The normalized spacial score (nSPS) is 29.5. The molecule has 2 aliphatic rings. The maximum Gasteiger partial charge on any atom is 0.111 e. The van der Waals surface area contributed by atoms with Gasteiger partial charge in [0.25, 0.3) is 0 Å². The first kappa shape index (κ1) is 9.97. The molecule has 3 nitrogen and oxygen atoms in total. The molecule has 0 aromatic rings. The highest BCUT2D eigenvalue weighted by molar-refractivity contribution is 5.84. The predicted molar refractivity (Wildman–Crippen MR) is 59.8 cm³/mol. The molecule has 0 amide bonds. The van der Waals surface area contributed by atoms with Crippen molar-refractivity contribution in [3.05, 3.63) is 0 Å². The molecule has 2 rings (SSSR count). The van der Waals surface area contributed by atoms with Crippen LogP contribution in [0.2, 0.25) is 0 Å². The maximum absolute atomic E-state index is 4.52. The molecule has 0 aromatic heterocycles. The van der Waals surface area contributed by atoms with Crippen LogP contribution in [0.3, 0.4) is 0 Å². The molecule has 1 atom stereocenters. The summed E-state index contributed by atoms with van der Waals surface area (Å²) >= 11 is 0. The number of aliphatic imine (C=N–C) groups is 1. The van der Waals surface area contributed by atoms with Crippen LogP contribution in [0.15, 0.2) is 4.99 Å². The molecule has 1 unspecified atom stereocenters. The fraction of sp³-hybridized carbons (Fsp3) is 0.909. The number of nitrogens with zero attached hydrogens (tertiary/aromatic N) is 2. The average molecular weight is 195 g/mol. The monoisotopic (exact) mass is 195 g/mol. The van der Waals surface area contributed by atoms with E-state index >= 15 is 0 Å². The number of rotatable bonds is 2. The Morgan fingerprint density at radius 1 is 1.43 bits per heavy atom. The van der Waals surface area contributed by atoms with E-state index in [1.807, 2.05) is 0 Å². The van der Waals surface area contributed by atoms with E-state index in [4.69, 9.17) is 0 Å². The summed E-state index contributed by atoms with van der Waals surface area (Å²) in [6, 6.07) is 0.746. The maximum atomic E-state index is 4.52. The SMILES string of the molecule is CC1CCCCN1CC1=NCCCN1. The number of hydrogen-bond donors (Lipinski definition) is 1. The minimum Gasteiger partial charge on any atom is -0.373 e. The number of piperidine rings is 1. The van der Waals surface area contributed by atoms with Crippen LogP contribution in [0.1, 0.15) is 32.6 Å². The van der Waals surface area contributed by atoms with Gasteiger partial charge in [-0.2, -0.15) is 0 Å². The van der Waals surface area contributed by atoms with E-state index in [0.717, 1.165) is 25.7 Å². The molecular formula is C11H21N3. The topological polar surface area (TPSA) is 27.6 Å². The van der Waals surface area contributed by atoms with Crippen LogP contribution in [-0.2, 0) is 0 Å². The van der Waals surface area contributed by atoms with Crippen LogP contribution in [0.5, 0.6) is 0 Å². The van der Waals surface area contributed by atoms with Crippen LogP contribution in [0.4, 0.5) is 0 Å². The summed E-state index contributed by atoms with van der Waals surface area (Å²) in [5.74, 6) is 1.21. The molecular weight excluding hydrogens is 174 g/mol. The van der Waals surface area contributed by atoms with Gasteiger partial charge in [0.2, 0.25) is 0 Å². The molecule has 3 heteroatoms. The highest BCUT2D eigenvalue weighted by Crippen LogP contribution is 2.15. The first-order valence-corrected chi connectivity index (χ1v) is 5.87. The van der Waals surface area contributed by atoms with E-state index in [0.29, 0.717) is 0 Å². The second-order valence-electron chi connectivity index (χ2n) is 4.42. The molecule has 0 saturated carbocycles. The zero-order chi connectivity index (χ0) is 9.80. The quantitative estimate of drug-likeness (QED) is 0.718. The van der Waals surface area contributed by atoms with Gasteiger partial charge < -0.3 is 5.32 Å². The second-order valence-corrected chi connectivity index (χ2v) is 4.42. The van der Waals surface area contributed by atoms with Crippen molar-refractivity contribution >= 4 is 5.84 Å². The lowest BCUT2D eigenvalue weighted by atomic mass is 10.0. The highest BCUT2D eigenvalue weighted by atomic mass is 15.2. The van der Waals surface area contributed by atoms with E-state index in [1.165, 1.54) is 38.1 Å². The van der Waals surface area contributed by atoms with Gasteiger partial charge in [-0.15, -0.1) is 0 Å². The standard InChI is InChI=1S/C11H21N3/c1-10-5-2-3-8-14(10)9-11-12-6-4-7-13-11/h10H,2-9H2,1H3,(H,12,13). The summed E-state index contributed by atoms with van der Waals surface area (Å²) in [5, 5.41) is 3.40. The molecule has 80 valence electrons. The molecule has 2 heterocycles. The lowest BCUT2D eigenvalue weighted by molar-refractivity contribution is 0.183. The fourth-order valence-corrected chi connectivity index (χ4v) is 2.27. The van der Waals surface area contributed by atoms with Crippen molar-refractivity contribution in [2.24, 2.45) is 4.99 Å². The van der Waals surface area contributed by atoms with Crippen molar-refractivity contribution in [1.29, 1.82) is 0 Å². The molecule has 0 aliphatic carbocycles. The van der Waals surface area contributed by atoms with Gasteiger partial charge in [0.05, 0.1) is 6.54 Å². The summed E-state index contributed by atoms with van der Waals surface area (Å²) < 4.78 is 0. The molecule has 0 aromatic carbocycles. The van der Waals surface area contributed by atoms with Crippen LogP contribution < -0.4 is 5.32 Å². The number of amidine groups is 1. The molecule has 0 bridgehead atoms. The van der Waals surface area contributed by atoms with Crippen molar-refractivity contribution < 1.29 is 0 Å². The van der Waals surface area contributed by atoms with Crippen LogP contribution in [-0.4, -0.2) is 43.0 Å². The molecule has 0 radical (unpaired) electrons. The Kier molecular flexibility index (Phi) is 3.40. The van der Waals surface area contributed by atoms with Gasteiger partial charge in [-0.1, -0.05) is 6.42 Å². The highest BCUT2D eigenvalue weighted by Gasteiger charge is 2.19. The van der Waals surface area contributed by atoms with Crippen molar-refractivity contribution in [3.8, 4) is 0 Å². The Hall–Kier alpha value is -0.570. The zero-order valence-electron chi connectivity index (χ0n) is 9.13. The van der Waals surface area contributed by atoms with E-state index in [-0.39, 0.29) is 0 Å². The van der Waals surface area contributed by atoms with Gasteiger partial charge in [-0.3, -0.25) is 9.89 Å². The Morgan fingerprint density at radius 2 is 2.36 bits per heavy atom. The molecule has 14 heavy (non-hydrogen) atoms. The second kappa shape index (κ2) is 4.78. The molecule has 1 N–H and O–H groups in total. The van der Waals surface area contributed by atoms with Crippen molar-refractivity contribution in [2.45, 2.75) is 38.6 Å². The van der Waals surface area contributed by atoms with Crippen LogP contribution in [0.25, 0.3) is 0 Å².